The summed E-state index contributed by atoms with van der Waals surface area (Å²) < 4.78 is 0. The van der Waals surface area contributed by atoms with Crippen molar-refractivity contribution < 1.29 is 5.11 Å². The molecule has 11 atom stereocenters. The number of piperidine rings is 2. The van der Waals surface area contributed by atoms with Crippen LogP contribution in [0.5, 0.6) is 0 Å². The van der Waals surface area contributed by atoms with E-state index >= 15 is 0 Å². The van der Waals surface area contributed by atoms with Crippen LogP contribution in [-0.4, -0.2) is 34.7 Å². The minimum absolute atomic E-state index is 0.172. The average molecular weight is 297 g/mol. The molecule has 6 saturated carbocycles. The molecule has 0 aromatic carbocycles. The number of hydrogen-bond acceptors (Lipinski definition) is 2. The Morgan fingerprint density at radius 3 is 2.95 bits per heavy atom. The monoisotopic (exact) mass is 297 g/mol. The Morgan fingerprint density at radius 1 is 1.23 bits per heavy atom. The molecule has 3 heterocycles. The molecule has 9 bridgehead atoms. The van der Waals surface area contributed by atoms with Gasteiger partial charge in [0.05, 0.1) is 6.10 Å². The Balaban J connectivity index is 1.53. The van der Waals surface area contributed by atoms with Crippen molar-refractivity contribution in [3.05, 3.63) is 12.2 Å². The van der Waals surface area contributed by atoms with Crippen molar-refractivity contribution in [1.29, 1.82) is 0 Å². The van der Waals surface area contributed by atoms with Crippen LogP contribution in [0.3, 0.4) is 0 Å². The fourth-order valence-corrected chi connectivity index (χ4v) is 10.4. The van der Waals surface area contributed by atoms with Crippen molar-refractivity contribution in [1.82, 2.24) is 4.90 Å². The zero-order valence-electron chi connectivity index (χ0n) is 13.6. The van der Waals surface area contributed by atoms with Gasteiger partial charge in [-0.1, -0.05) is 19.9 Å². The maximum atomic E-state index is 11.2. The minimum Gasteiger partial charge on any atom is -0.388 e. The maximum Gasteiger partial charge on any atom is 0.0813 e. The normalized spacial score (nSPS) is 75.1. The number of aliphatic hydroxyl groups excluding tert-OH is 1. The third kappa shape index (κ3) is 0.815. The van der Waals surface area contributed by atoms with Gasteiger partial charge >= 0.3 is 0 Å². The van der Waals surface area contributed by atoms with Crippen molar-refractivity contribution in [2.45, 2.75) is 63.6 Å². The summed E-state index contributed by atoms with van der Waals surface area (Å²) in [5, 5.41) is 11.2. The molecule has 118 valence electrons. The molecule has 6 aliphatic carbocycles. The van der Waals surface area contributed by atoms with E-state index in [0.29, 0.717) is 16.7 Å². The lowest BCUT2D eigenvalue weighted by molar-refractivity contribution is -0.166. The molecule has 1 unspecified atom stereocenters. The van der Waals surface area contributed by atoms with Crippen molar-refractivity contribution >= 4 is 0 Å². The lowest BCUT2D eigenvalue weighted by Gasteiger charge is -2.64. The van der Waals surface area contributed by atoms with E-state index in [4.69, 9.17) is 0 Å². The summed E-state index contributed by atoms with van der Waals surface area (Å²) in [5.41, 5.74) is 2.65. The molecule has 0 aromatic heterocycles. The van der Waals surface area contributed by atoms with E-state index < -0.39 is 0 Å². The Hall–Kier alpha value is -0.340. The maximum absolute atomic E-state index is 11.2. The van der Waals surface area contributed by atoms with Gasteiger partial charge in [0.25, 0.3) is 0 Å². The van der Waals surface area contributed by atoms with E-state index in [0.717, 1.165) is 29.8 Å². The third-order valence-corrected chi connectivity index (χ3v) is 10.3. The molecule has 2 heteroatoms. The average Bonchev–Trinajstić information content (AvgIpc) is 2.90. The second-order valence-electron chi connectivity index (χ2n) is 10.4. The van der Waals surface area contributed by atoms with Gasteiger partial charge in [-0.2, -0.15) is 0 Å². The predicted octanol–water partition coefficient (Wildman–Crippen LogP) is 2.82. The topological polar surface area (TPSA) is 23.5 Å². The summed E-state index contributed by atoms with van der Waals surface area (Å²) in [5.74, 6) is 3.21. The van der Waals surface area contributed by atoms with Gasteiger partial charge in [0, 0.05) is 24.0 Å². The van der Waals surface area contributed by atoms with Crippen LogP contribution in [0.1, 0.15) is 45.4 Å². The van der Waals surface area contributed by atoms with Crippen LogP contribution >= 0.6 is 0 Å². The van der Waals surface area contributed by atoms with Crippen molar-refractivity contribution in [2.24, 2.45) is 39.9 Å². The highest BCUT2D eigenvalue weighted by Gasteiger charge is 2.87. The van der Waals surface area contributed by atoms with Crippen LogP contribution in [-0.2, 0) is 0 Å². The quantitative estimate of drug-likeness (QED) is 0.695. The van der Waals surface area contributed by atoms with E-state index in [2.05, 4.69) is 18.4 Å². The highest BCUT2D eigenvalue weighted by Crippen LogP contribution is 2.86. The molecule has 2 nitrogen and oxygen atoms in total. The van der Waals surface area contributed by atoms with Gasteiger partial charge in [-0.05, 0) is 72.2 Å². The summed E-state index contributed by atoms with van der Waals surface area (Å²) in [6, 6.07) is 1.64. The second kappa shape index (κ2) is 2.99. The molecular formula is C20H27NO. The number of nitrogens with zero attached hydrogens (tertiary/aromatic N) is 1. The molecule has 9 rings (SSSR count). The van der Waals surface area contributed by atoms with Crippen LogP contribution in [0, 0.1) is 39.9 Å². The Labute approximate surface area is 132 Å². The first-order chi connectivity index (χ1) is 10.5. The smallest absolute Gasteiger partial charge is 0.0813 e. The number of hydrogen-bond donors (Lipinski definition) is 1. The van der Waals surface area contributed by atoms with Gasteiger partial charge < -0.3 is 5.11 Å². The van der Waals surface area contributed by atoms with Gasteiger partial charge in [0.15, 0.2) is 0 Å². The van der Waals surface area contributed by atoms with Gasteiger partial charge in [0.2, 0.25) is 0 Å². The first-order valence-electron chi connectivity index (χ1n) is 9.66. The number of aliphatic hydroxyl groups is 1. The summed E-state index contributed by atoms with van der Waals surface area (Å²) in [7, 11) is 0. The summed E-state index contributed by atoms with van der Waals surface area (Å²) >= 11 is 0. The molecule has 0 aromatic rings. The largest absolute Gasteiger partial charge is 0.388 e. The van der Waals surface area contributed by atoms with Gasteiger partial charge in [-0.3, -0.25) is 4.90 Å². The Bertz CT molecular complexity index is 644. The summed E-state index contributed by atoms with van der Waals surface area (Å²) in [6.45, 7) is 8.32. The van der Waals surface area contributed by atoms with Gasteiger partial charge in [-0.25, -0.2) is 0 Å². The fourth-order valence-electron chi connectivity index (χ4n) is 10.4. The molecule has 9 fully saturated rings. The van der Waals surface area contributed by atoms with Crippen LogP contribution in [0.25, 0.3) is 0 Å². The van der Waals surface area contributed by atoms with E-state index in [1.54, 1.807) is 0 Å². The molecule has 22 heavy (non-hydrogen) atoms. The highest BCUT2D eigenvalue weighted by atomic mass is 16.3. The first-order valence-corrected chi connectivity index (χ1v) is 9.66. The lowest BCUT2D eigenvalue weighted by Crippen LogP contribution is -2.63. The van der Waals surface area contributed by atoms with E-state index in [9.17, 15) is 5.11 Å². The first kappa shape index (κ1) is 12.1. The third-order valence-electron chi connectivity index (χ3n) is 10.3. The fraction of sp³-hybridized carbons (Fsp3) is 0.900. The second-order valence-corrected chi connectivity index (χ2v) is 10.4. The molecule has 3 saturated heterocycles. The van der Waals surface area contributed by atoms with E-state index in [1.807, 2.05) is 0 Å². The highest BCUT2D eigenvalue weighted by molar-refractivity contribution is 5.42. The SMILES string of the molecule is C=C1[C@H]2C[C@H]3[C@@]4(C[C@@H]5[C@H]6[C@]7(C)CCC[C@]36[C@@H]([C@H]4C2)N5C7)[C@H]1O. The standard InChI is InChI=1S/C20H27NO/c1-10-11-6-12-16-19-5-3-4-18(2)9-21(16)13(15(18)19)8-20(12,17(10)22)14(19)7-11/h11-17,22H,1,3-9H2,2H3/t11-,12-,13-,14-,15+,16-,17+,18-,19+,20+/m1/s1. The molecule has 2 spiro atoms. The van der Waals surface area contributed by atoms with E-state index in [-0.39, 0.29) is 11.5 Å². The number of fused-ring (bicyclic) bond motifs is 1. The summed E-state index contributed by atoms with van der Waals surface area (Å²) in [4.78, 5) is 2.98. The molecule has 1 N–H and O–H groups in total. The lowest BCUT2D eigenvalue weighted by atomic mass is 9.40. The van der Waals surface area contributed by atoms with E-state index in [1.165, 1.54) is 50.6 Å². The van der Waals surface area contributed by atoms with Gasteiger partial charge in [-0.15, -0.1) is 0 Å². The molecule has 0 amide bonds. The van der Waals surface area contributed by atoms with Crippen LogP contribution in [0.2, 0.25) is 0 Å². The van der Waals surface area contributed by atoms with Crippen LogP contribution < -0.4 is 0 Å². The van der Waals surface area contributed by atoms with Crippen molar-refractivity contribution in [3.8, 4) is 0 Å². The number of rotatable bonds is 0. The van der Waals surface area contributed by atoms with Crippen LogP contribution in [0.15, 0.2) is 12.2 Å². The molecule has 3 aliphatic heterocycles. The van der Waals surface area contributed by atoms with Gasteiger partial charge in [0.1, 0.15) is 0 Å². The van der Waals surface area contributed by atoms with Crippen molar-refractivity contribution in [2.75, 3.05) is 6.54 Å². The molecule has 0 radical (unpaired) electrons. The molecular weight excluding hydrogens is 270 g/mol. The zero-order valence-corrected chi connectivity index (χ0v) is 13.6. The van der Waals surface area contributed by atoms with Crippen molar-refractivity contribution in [3.63, 3.8) is 0 Å². The molecule has 9 aliphatic rings. The zero-order chi connectivity index (χ0) is 14.6. The van der Waals surface area contributed by atoms with Crippen LogP contribution in [0.4, 0.5) is 0 Å². The summed E-state index contributed by atoms with van der Waals surface area (Å²) in [6.07, 6.45) is 8.23. The Kier molecular flexibility index (Phi) is 1.64. The predicted molar refractivity (Wildman–Crippen MR) is 84.1 cm³/mol. The minimum atomic E-state index is -0.172. The Morgan fingerprint density at radius 2 is 2.09 bits per heavy atom.